The number of thiophene rings is 1. The molecule has 0 aliphatic carbocycles. The Balaban J connectivity index is 2.44. The molecule has 0 saturated heterocycles. The second-order valence-corrected chi connectivity index (χ2v) is 7.53. The van der Waals surface area contributed by atoms with Gasteiger partial charge in [-0.05, 0) is 30.9 Å². The summed E-state index contributed by atoms with van der Waals surface area (Å²) < 4.78 is 26.4. The second kappa shape index (κ2) is 7.38. The molecular weight excluding hydrogens is 300 g/mol. The molecule has 0 amide bonds. The summed E-state index contributed by atoms with van der Waals surface area (Å²) in [6, 6.07) is 4.76. The SMILES string of the molecule is CC(CCNS(=O)(=O)c1ccc(C#N)s1)CCC(=O)O. The van der Waals surface area contributed by atoms with Crippen LogP contribution in [0, 0.1) is 17.2 Å². The number of sulfonamides is 1. The van der Waals surface area contributed by atoms with E-state index >= 15 is 0 Å². The minimum absolute atomic E-state index is 0.0877. The maximum Gasteiger partial charge on any atom is 0.303 e. The van der Waals surface area contributed by atoms with Crippen molar-refractivity contribution < 1.29 is 18.3 Å². The van der Waals surface area contributed by atoms with Crippen LogP contribution in [0.5, 0.6) is 0 Å². The van der Waals surface area contributed by atoms with Crippen LogP contribution < -0.4 is 4.72 Å². The highest BCUT2D eigenvalue weighted by atomic mass is 32.2. The van der Waals surface area contributed by atoms with Gasteiger partial charge in [-0.3, -0.25) is 4.79 Å². The molecule has 0 bridgehead atoms. The van der Waals surface area contributed by atoms with Crippen LogP contribution in [-0.2, 0) is 14.8 Å². The molecule has 0 spiro atoms. The van der Waals surface area contributed by atoms with Crippen molar-refractivity contribution >= 4 is 27.3 Å². The number of hydrogen-bond acceptors (Lipinski definition) is 5. The topological polar surface area (TPSA) is 107 Å². The van der Waals surface area contributed by atoms with Crippen molar-refractivity contribution in [2.45, 2.75) is 30.4 Å². The number of carboxylic acid groups (broad SMARTS) is 1. The average molecular weight is 316 g/mol. The molecule has 0 aliphatic heterocycles. The molecular formula is C12H16N2O4S2. The van der Waals surface area contributed by atoms with Crippen molar-refractivity contribution in [3.05, 3.63) is 17.0 Å². The lowest BCUT2D eigenvalue weighted by Crippen LogP contribution is -2.25. The first kappa shape index (κ1) is 16.6. The number of carboxylic acids is 1. The monoisotopic (exact) mass is 316 g/mol. The van der Waals surface area contributed by atoms with Crippen molar-refractivity contribution in [1.29, 1.82) is 5.26 Å². The van der Waals surface area contributed by atoms with E-state index in [0.29, 0.717) is 17.7 Å². The maximum absolute atomic E-state index is 11.9. The summed E-state index contributed by atoms with van der Waals surface area (Å²) in [6.45, 7) is 2.14. The van der Waals surface area contributed by atoms with Crippen LogP contribution in [0.2, 0.25) is 0 Å². The van der Waals surface area contributed by atoms with Gasteiger partial charge in [0.25, 0.3) is 0 Å². The van der Waals surface area contributed by atoms with Gasteiger partial charge in [0, 0.05) is 13.0 Å². The summed E-state index contributed by atoms with van der Waals surface area (Å²) in [5.41, 5.74) is 0. The molecule has 1 heterocycles. The molecule has 0 radical (unpaired) electrons. The van der Waals surface area contributed by atoms with Gasteiger partial charge in [-0.15, -0.1) is 11.3 Å². The zero-order chi connectivity index (χ0) is 15.2. The fourth-order valence-corrected chi connectivity index (χ4v) is 3.75. The standard InChI is InChI=1S/C12H16N2O4S2/c1-9(2-4-11(15)16)6-7-14-20(17,18)12-5-3-10(8-13)19-12/h3,5,9,14H,2,4,6-7H2,1H3,(H,15,16). The third-order valence-corrected chi connectivity index (χ3v) is 5.68. The molecule has 1 aromatic rings. The molecule has 20 heavy (non-hydrogen) atoms. The quantitative estimate of drug-likeness (QED) is 0.760. The summed E-state index contributed by atoms with van der Waals surface area (Å²) in [6.07, 6.45) is 1.18. The van der Waals surface area contributed by atoms with Gasteiger partial charge >= 0.3 is 5.97 Å². The molecule has 8 heteroatoms. The molecule has 1 unspecified atom stereocenters. The zero-order valence-electron chi connectivity index (χ0n) is 11.0. The fourth-order valence-electron chi connectivity index (χ4n) is 1.55. The van der Waals surface area contributed by atoms with Crippen LogP contribution >= 0.6 is 11.3 Å². The van der Waals surface area contributed by atoms with E-state index in [9.17, 15) is 13.2 Å². The van der Waals surface area contributed by atoms with E-state index in [1.807, 2.05) is 13.0 Å². The third kappa shape index (κ3) is 5.28. The highest BCUT2D eigenvalue weighted by molar-refractivity contribution is 7.91. The first-order valence-electron chi connectivity index (χ1n) is 6.06. The van der Waals surface area contributed by atoms with Gasteiger partial charge in [0.15, 0.2) is 0 Å². The van der Waals surface area contributed by atoms with Crippen LogP contribution in [0.15, 0.2) is 16.3 Å². The Morgan fingerprint density at radius 1 is 1.50 bits per heavy atom. The Morgan fingerprint density at radius 2 is 2.20 bits per heavy atom. The Hall–Kier alpha value is -1.43. The smallest absolute Gasteiger partial charge is 0.303 e. The first-order valence-corrected chi connectivity index (χ1v) is 8.36. The van der Waals surface area contributed by atoms with Gasteiger partial charge in [0.1, 0.15) is 15.2 Å². The first-order chi connectivity index (χ1) is 9.35. The van der Waals surface area contributed by atoms with Gasteiger partial charge < -0.3 is 5.11 Å². The third-order valence-electron chi connectivity index (χ3n) is 2.74. The summed E-state index contributed by atoms with van der Waals surface area (Å²) in [4.78, 5) is 10.8. The number of nitrogens with zero attached hydrogens (tertiary/aromatic N) is 1. The van der Waals surface area contributed by atoms with Gasteiger partial charge in [0.05, 0.1) is 0 Å². The Labute approximate surface area is 122 Å². The Bertz CT molecular complexity index is 601. The number of nitriles is 1. The van der Waals surface area contributed by atoms with Crippen molar-refractivity contribution in [3.8, 4) is 6.07 Å². The number of carbonyl (C=O) groups is 1. The number of aliphatic carboxylic acids is 1. The summed E-state index contributed by atoms with van der Waals surface area (Å²) in [5, 5.41) is 17.2. The lowest BCUT2D eigenvalue weighted by molar-refractivity contribution is -0.137. The van der Waals surface area contributed by atoms with Crippen LogP contribution in [0.25, 0.3) is 0 Å². The number of rotatable bonds is 8. The molecule has 110 valence electrons. The Morgan fingerprint density at radius 3 is 2.75 bits per heavy atom. The molecule has 1 aromatic heterocycles. The second-order valence-electron chi connectivity index (χ2n) is 4.45. The highest BCUT2D eigenvalue weighted by Crippen LogP contribution is 2.20. The van der Waals surface area contributed by atoms with Crippen molar-refractivity contribution in [1.82, 2.24) is 4.72 Å². The molecule has 1 rings (SSSR count). The van der Waals surface area contributed by atoms with Crippen LogP contribution in [-0.4, -0.2) is 26.0 Å². The van der Waals surface area contributed by atoms with E-state index in [0.717, 1.165) is 11.3 Å². The maximum atomic E-state index is 11.9. The van der Waals surface area contributed by atoms with E-state index in [4.69, 9.17) is 10.4 Å². The molecule has 0 saturated carbocycles. The predicted molar refractivity (Wildman–Crippen MR) is 74.9 cm³/mol. The van der Waals surface area contributed by atoms with Gasteiger partial charge in [-0.2, -0.15) is 5.26 Å². The summed E-state index contributed by atoms with van der Waals surface area (Å²) >= 11 is 0.924. The summed E-state index contributed by atoms with van der Waals surface area (Å²) in [7, 11) is -3.58. The van der Waals surface area contributed by atoms with Crippen LogP contribution in [0.1, 0.15) is 31.1 Å². The van der Waals surface area contributed by atoms with Gasteiger partial charge in [0.2, 0.25) is 10.0 Å². The van der Waals surface area contributed by atoms with Gasteiger partial charge in [-0.1, -0.05) is 6.92 Å². The molecule has 1 atom stereocenters. The van der Waals surface area contributed by atoms with Crippen molar-refractivity contribution in [2.75, 3.05) is 6.54 Å². The molecule has 0 fully saturated rings. The predicted octanol–water partition coefficient (Wildman–Crippen LogP) is 1.79. The largest absolute Gasteiger partial charge is 0.481 e. The van der Waals surface area contributed by atoms with E-state index < -0.39 is 16.0 Å². The number of nitrogens with one attached hydrogen (secondary N) is 1. The molecule has 6 nitrogen and oxygen atoms in total. The van der Waals surface area contributed by atoms with E-state index in [2.05, 4.69) is 4.72 Å². The van der Waals surface area contributed by atoms with Gasteiger partial charge in [-0.25, -0.2) is 13.1 Å². The lowest BCUT2D eigenvalue weighted by atomic mass is 10.0. The molecule has 2 N–H and O–H groups in total. The minimum Gasteiger partial charge on any atom is -0.481 e. The average Bonchev–Trinajstić information content (AvgIpc) is 2.85. The zero-order valence-corrected chi connectivity index (χ0v) is 12.6. The number of hydrogen-bond donors (Lipinski definition) is 2. The normalized spacial score (nSPS) is 12.8. The Kier molecular flexibility index (Phi) is 6.13. The fraction of sp³-hybridized carbons (Fsp3) is 0.500. The molecule has 0 aromatic carbocycles. The van der Waals surface area contributed by atoms with E-state index in [-0.39, 0.29) is 23.1 Å². The lowest BCUT2D eigenvalue weighted by Gasteiger charge is -2.10. The minimum atomic E-state index is -3.58. The molecule has 0 aliphatic rings. The van der Waals surface area contributed by atoms with Crippen LogP contribution in [0.4, 0.5) is 0 Å². The van der Waals surface area contributed by atoms with Crippen molar-refractivity contribution in [2.24, 2.45) is 5.92 Å². The van der Waals surface area contributed by atoms with Crippen molar-refractivity contribution in [3.63, 3.8) is 0 Å². The summed E-state index contributed by atoms with van der Waals surface area (Å²) in [5.74, 6) is -0.716. The highest BCUT2D eigenvalue weighted by Gasteiger charge is 2.16. The van der Waals surface area contributed by atoms with E-state index in [1.54, 1.807) is 0 Å². The van der Waals surface area contributed by atoms with Crippen LogP contribution in [0.3, 0.4) is 0 Å². The van der Waals surface area contributed by atoms with E-state index in [1.165, 1.54) is 12.1 Å².